The molecule has 0 N–H and O–H groups in total. The van der Waals surface area contributed by atoms with Crippen molar-refractivity contribution in [2.24, 2.45) is 0 Å². The van der Waals surface area contributed by atoms with E-state index in [1.807, 2.05) is 48.5 Å². The highest BCUT2D eigenvalue weighted by Gasteiger charge is 2.36. The van der Waals surface area contributed by atoms with Crippen LogP contribution in [-0.4, -0.2) is 58.1 Å². The van der Waals surface area contributed by atoms with Crippen molar-refractivity contribution in [1.29, 1.82) is 0 Å². The molecule has 0 saturated heterocycles. The van der Waals surface area contributed by atoms with Gasteiger partial charge in [0.15, 0.2) is 11.5 Å². The molecule has 10 heteroatoms. The van der Waals surface area contributed by atoms with E-state index in [0.29, 0.717) is 29.7 Å². The molecule has 3 aromatic carbocycles. The molecular weight excluding hydrogens is 540 g/mol. The topological polar surface area (TPSA) is 69.7 Å². The molecule has 1 amide bonds. The van der Waals surface area contributed by atoms with Crippen molar-refractivity contribution in [3.05, 3.63) is 65.2 Å². The minimum absolute atomic E-state index is 0.0491. The van der Waals surface area contributed by atoms with Gasteiger partial charge in [0.25, 0.3) is 0 Å². The number of ether oxygens (including phenoxy) is 5. The fourth-order valence-corrected chi connectivity index (χ4v) is 6.15. The van der Waals surface area contributed by atoms with Crippen LogP contribution in [0.25, 0.3) is 0 Å². The zero-order valence-electron chi connectivity index (χ0n) is 22.1. The summed E-state index contributed by atoms with van der Waals surface area (Å²) in [6, 6.07) is 16.9. The van der Waals surface area contributed by atoms with E-state index >= 15 is 0 Å². The predicted molar refractivity (Wildman–Crippen MR) is 152 cm³/mol. The molecule has 2 aliphatic rings. The van der Waals surface area contributed by atoms with Crippen molar-refractivity contribution in [3.63, 3.8) is 0 Å². The van der Waals surface area contributed by atoms with Gasteiger partial charge in [-0.15, -0.1) is 0 Å². The van der Waals surface area contributed by atoms with E-state index in [0.717, 1.165) is 52.9 Å². The zero-order valence-corrected chi connectivity index (χ0v) is 23.7. The van der Waals surface area contributed by atoms with Crippen LogP contribution in [0.3, 0.4) is 0 Å². The highest BCUT2D eigenvalue weighted by molar-refractivity contribution is 8.00. The van der Waals surface area contributed by atoms with Gasteiger partial charge in [-0.25, -0.2) is 0 Å². The van der Waals surface area contributed by atoms with E-state index in [2.05, 4.69) is 11.9 Å². The van der Waals surface area contributed by atoms with Crippen LogP contribution in [-0.2, 0) is 4.79 Å². The second kappa shape index (κ2) is 12.3. The van der Waals surface area contributed by atoms with Crippen molar-refractivity contribution in [2.75, 3.05) is 52.2 Å². The Hall–Kier alpha value is -3.27. The molecule has 3 aromatic rings. The van der Waals surface area contributed by atoms with Crippen LogP contribution >= 0.6 is 23.4 Å². The molecule has 2 heterocycles. The van der Waals surface area contributed by atoms with Crippen LogP contribution in [0, 0.1) is 0 Å². The van der Waals surface area contributed by atoms with Gasteiger partial charge in [-0.1, -0.05) is 23.4 Å². The number of amides is 1. The largest absolute Gasteiger partial charge is 0.497 e. The summed E-state index contributed by atoms with van der Waals surface area (Å²) in [7, 11) is 3.69. The number of nitrogens with zero attached hydrogens (tertiary/aromatic N) is 2. The van der Waals surface area contributed by atoms with E-state index in [4.69, 9.17) is 35.3 Å². The van der Waals surface area contributed by atoms with E-state index in [1.165, 1.54) is 0 Å². The smallest absolute Gasteiger partial charge is 0.231 e. The Labute approximate surface area is 237 Å². The number of halogens is 1. The number of anilines is 1. The minimum Gasteiger partial charge on any atom is -0.497 e. The lowest BCUT2D eigenvalue weighted by molar-refractivity contribution is -0.116. The molecule has 0 fully saturated rings. The summed E-state index contributed by atoms with van der Waals surface area (Å²) in [6.45, 7) is 4.53. The molecule has 5 rings (SSSR count). The summed E-state index contributed by atoms with van der Waals surface area (Å²) in [4.78, 5) is 17.6. The van der Waals surface area contributed by atoms with E-state index in [1.54, 1.807) is 36.8 Å². The number of thioether (sulfide) groups is 1. The van der Waals surface area contributed by atoms with Gasteiger partial charge >= 0.3 is 0 Å². The van der Waals surface area contributed by atoms with Gasteiger partial charge in [-0.2, -0.15) is 0 Å². The molecule has 0 bridgehead atoms. The lowest BCUT2D eigenvalue weighted by Gasteiger charge is -2.26. The molecule has 1 atom stereocenters. The van der Waals surface area contributed by atoms with E-state index < -0.39 is 0 Å². The maximum absolute atomic E-state index is 12.7. The SMILES string of the molecule is COc1ccc(OCCCN(C)CCOc2ccc3c(c2)OCO3)c(C2Sc3cc(Cl)ccc3N2C(C)=O)c1. The Morgan fingerprint density at radius 1 is 1.03 bits per heavy atom. The number of hydrogen-bond donors (Lipinski definition) is 0. The van der Waals surface area contributed by atoms with Crippen molar-refractivity contribution < 1.29 is 28.5 Å². The van der Waals surface area contributed by atoms with Crippen LogP contribution in [0.15, 0.2) is 59.5 Å². The zero-order chi connectivity index (χ0) is 27.4. The fourth-order valence-electron chi connectivity index (χ4n) is 4.51. The Morgan fingerprint density at radius 3 is 2.67 bits per heavy atom. The Balaban J connectivity index is 1.16. The molecule has 0 aromatic heterocycles. The normalized spacial score (nSPS) is 15.4. The third-order valence-electron chi connectivity index (χ3n) is 6.50. The summed E-state index contributed by atoms with van der Waals surface area (Å²) in [5.74, 6) is 3.61. The van der Waals surface area contributed by atoms with Crippen LogP contribution in [0.4, 0.5) is 5.69 Å². The second-order valence-corrected chi connectivity index (χ2v) is 10.8. The first-order chi connectivity index (χ1) is 18.9. The second-order valence-electron chi connectivity index (χ2n) is 9.24. The van der Waals surface area contributed by atoms with Gasteiger partial charge in [0.1, 0.15) is 29.2 Å². The Bertz CT molecular complexity index is 1340. The Kier molecular flexibility index (Phi) is 8.60. The van der Waals surface area contributed by atoms with Gasteiger partial charge in [0.2, 0.25) is 12.7 Å². The number of fused-ring (bicyclic) bond motifs is 2. The number of benzene rings is 3. The van der Waals surface area contributed by atoms with Crippen molar-refractivity contribution >= 4 is 35.0 Å². The summed E-state index contributed by atoms with van der Waals surface area (Å²) < 4.78 is 28.4. The van der Waals surface area contributed by atoms with Gasteiger partial charge in [-0.3, -0.25) is 9.69 Å². The van der Waals surface area contributed by atoms with Crippen LogP contribution < -0.4 is 28.6 Å². The number of likely N-dealkylation sites (N-methyl/N-ethyl adjacent to an activating group) is 1. The first-order valence-corrected chi connectivity index (χ1v) is 14.0. The highest BCUT2D eigenvalue weighted by atomic mass is 35.5. The van der Waals surface area contributed by atoms with Crippen molar-refractivity contribution in [2.45, 2.75) is 23.6 Å². The summed E-state index contributed by atoms with van der Waals surface area (Å²) in [5, 5.41) is 0.356. The summed E-state index contributed by atoms with van der Waals surface area (Å²) in [6.07, 6.45) is 0.829. The highest BCUT2D eigenvalue weighted by Crippen LogP contribution is 2.54. The quantitative estimate of drug-likeness (QED) is 0.259. The lowest BCUT2D eigenvalue weighted by Crippen LogP contribution is -2.28. The van der Waals surface area contributed by atoms with Gasteiger partial charge in [-0.05, 0) is 62.0 Å². The molecule has 0 saturated carbocycles. The molecular formula is C29H31ClN2O6S. The molecule has 0 aliphatic carbocycles. The third-order valence-corrected chi connectivity index (χ3v) is 8.01. The molecule has 8 nitrogen and oxygen atoms in total. The molecule has 39 heavy (non-hydrogen) atoms. The number of methoxy groups -OCH3 is 1. The van der Waals surface area contributed by atoms with Crippen LogP contribution in [0.5, 0.6) is 28.7 Å². The lowest BCUT2D eigenvalue weighted by atomic mass is 10.1. The summed E-state index contributed by atoms with van der Waals surface area (Å²) in [5.41, 5.74) is 1.73. The number of rotatable bonds is 11. The number of carbonyl (C=O) groups excluding carboxylic acids is 1. The van der Waals surface area contributed by atoms with Gasteiger partial charge < -0.3 is 28.6 Å². The van der Waals surface area contributed by atoms with Crippen molar-refractivity contribution in [3.8, 4) is 28.7 Å². The van der Waals surface area contributed by atoms with Crippen LogP contribution in [0.1, 0.15) is 24.3 Å². The molecule has 0 spiro atoms. The number of hydrogen-bond acceptors (Lipinski definition) is 8. The standard InChI is InChI=1S/C29H31ClN2O6S/c1-19(33)32-24-8-5-20(30)15-28(24)39-29(32)23-16-21(34-3)6-9-25(23)36-13-4-11-31(2)12-14-35-22-7-10-26-27(17-22)38-18-37-26/h5-10,15-17,29H,4,11-14,18H2,1-3H3. The van der Waals surface area contributed by atoms with E-state index in [-0.39, 0.29) is 18.1 Å². The van der Waals surface area contributed by atoms with E-state index in [9.17, 15) is 4.79 Å². The predicted octanol–water partition coefficient (Wildman–Crippen LogP) is 6.01. The molecule has 0 radical (unpaired) electrons. The molecule has 2 aliphatic heterocycles. The average molecular weight is 571 g/mol. The van der Waals surface area contributed by atoms with Gasteiger partial charge in [0, 0.05) is 41.6 Å². The summed E-state index contributed by atoms with van der Waals surface area (Å²) >= 11 is 7.81. The minimum atomic E-state index is -0.280. The van der Waals surface area contributed by atoms with Gasteiger partial charge in [0.05, 0.1) is 19.4 Å². The molecule has 1 unspecified atom stereocenters. The third kappa shape index (κ3) is 6.32. The van der Waals surface area contributed by atoms with Crippen molar-refractivity contribution in [1.82, 2.24) is 4.90 Å². The fraction of sp³-hybridized carbons (Fsp3) is 0.345. The first-order valence-electron chi connectivity index (χ1n) is 12.7. The molecule has 206 valence electrons. The Morgan fingerprint density at radius 2 is 1.85 bits per heavy atom. The average Bonchev–Trinajstić information content (AvgIpc) is 3.55. The first kappa shape index (κ1) is 27.3. The number of carbonyl (C=O) groups is 1. The maximum atomic E-state index is 12.7. The monoisotopic (exact) mass is 570 g/mol. The maximum Gasteiger partial charge on any atom is 0.231 e. The van der Waals surface area contributed by atoms with Crippen LogP contribution in [0.2, 0.25) is 5.02 Å².